The van der Waals surface area contributed by atoms with Crippen LogP contribution < -0.4 is 0 Å². The summed E-state index contributed by atoms with van der Waals surface area (Å²) < 4.78 is 0. The highest BCUT2D eigenvalue weighted by atomic mass is 14.0. The fourth-order valence-electron chi connectivity index (χ4n) is 0.884. The van der Waals surface area contributed by atoms with Gasteiger partial charge in [0.05, 0.1) is 0 Å². The van der Waals surface area contributed by atoms with Crippen LogP contribution in [0, 0.1) is 0 Å². The van der Waals surface area contributed by atoms with E-state index in [1.165, 1.54) is 11.1 Å². The number of rotatable bonds is 3. The van der Waals surface area contributed by atoms with Crippen molar-refractivity contribution >= 4 is 0 Å². The van der Waals surface area contributed by atoms with Crippen LogP contribution in [0.5, 0.6) is 0 Å². The minimum absolute atomic E-state index is 1.08. The summed E-state index contributed by atoms with van der Waals surface area (Å²) in [4.78, 5) is 0. The first-order valence-corrected chi connectivity index (χ1v) is 3.75. The van der Waals surface area contributed by atoms with Crippen LogP contribution in [0.15, 0.2) is 48.1 Å². The molecule has 0 bridgehead atoms. The van der Waals surface area contributed by atoms with Crippen molar-refractivity contribution < 1.29 is 0 Å². The van der Waals surface area contributed by atoms with Crippen LogP contribution in [-0.2, 0) is 0 Å². The second-order valence-electron chi connectivity index (χ2n) is 2.57. The molecular weight excluding hydrogens is 132 g/mol. The Labute approximate surface area is 69.6 Å². The third-order valence-electron chi connectivity index (χ3n) is 1.60. The van der Waals surface area contributed by atoms with Gasteiger partial charge in [-0.05, 0) is 31.9 Å². The van der Waals surface area contributed by atoms with E-state index in [0.717, 1.165) is 5.57 Å². The van der Waals surface area contributed by atoms with Crippen molar-refractivity contribution in [1.82, 2.24) is 0 Å². The Bertz CT molecular complexity index is 214. The number of hydrogen-bond acceptors (Lipinski definition) is 0. The molecule has 0 unspecified atom stereocenters. The van der Waals surface area contributed by atoms with Gasteiger partial charge in [0.2, 0.25) is 0 Å². The van der Waals surface area contributed by atoms with Crippen molar-refractivity contribution in [2.24, 2.45) is 0 Å². The molecule has 0 aromatic heterocycles. The molecule has 0 rings (SSSR count). The fourth-order valence-corrected chi connectivity index (χ4v) is 0.884. The average molecular weight is 148 g/mol. The predicted molar refractivity (Wildman–Crippen MR) is 52.5 cm³/mol. The summed E-state index contributed by atoms with van der Waals surface area (Å²) in [5.41, 5.74) is 3.51. The Hall–Kier alpha value is -1.04. The van der Waals surface area contributed by atoms with Gasteiger partial charge in [-0.1, -0.05) is 37.0 Å². The summed E-state index contributed by atoms with van der Waals surface area (Å²) in [6.07, 6.45) is 5.85. The van der Waals surface area contributed by atoms with Crippen LogP contribution in [0.1, 0.15) is 20.8 Å². The van der Waals surface area contributed by atoms with E-state index in [4.69, 9.17) is 0 Å². The molecule has 0 aromatic carbocycles. The normalized spacial score (nSPS) is 13.0. The van der Waals surface area contributed by atoms with E-state index in [0.29, 0.717) is 0 Å². The van der Waals surface area contributed by atoms with Gasteiger partial charge in [-0.25, -0.2) is 0 Å². The average Bonchev–Trinajstić information content (AvgIpc) is 1.98. The molecule has 0 radical (unpaired) electrons. The van der Waals surface area contributed by atoms with Crippen molar-refractivity contribution in [3.63, 3.8) is 0 Å². The Morgan fingerprint density at radius 1 is 1.27 bits per heavy atom. The lowest BCUT2D eigenvalue weighted by atomic mass is 10.0. The van der Waals surface area contributed by atoms with E-state index < -0.39 is 0 Å². The van der Waals surface area contributed by atoms with E-state index in [2.05, 4.69) is 26.2 Å². The van der Waals surface area contributed by atoms with Gasteiger partial charge in [0.15, 0.2) is 0 Å². The Balaban J connectivity index is 4.76. The minimum atomic E-state index is 1.08. The zero-order valence-corrected chi connectivity index (χ0v) is 7.65. The molecule has 60 valence electrons. The molecule has 0 nitrogen and oxygen atoms in total. The van der Waals surface area contributed by atoms with Crippen LogP contribution in [0.3, 0.4) is 0 Å². The quantitative estimate of drug-likeness (QED) is 0.536. The highest BCUT2D eigenvalue weighted by molar-refractivity contribution is 5.44. The van der Waals surface area contributed by atoms with Crippen LogP contribution >= 0.6 is 0 Å². The molecule has 0 spiro atoms. The molecule has 0 heterocycles. The molecule has 11 heavy (non-hydrogen) atoms. The van der Waals surface area contributed by atoms with Crippen molar-refractivity contribution in [3.05, 3.63) is 48.1 Å². The molecule has 0 atom stereocenters. The minimum Gasteiger partial charge on any atom is -0.0990 e. The first kappa shape index (κ1) is 9.96. The van der Waals surface area contributed by atoms with Crippen molar-refractivity contribution in [2.45, 2.75) is 20.8 Å². The molecule has 0 saturated heterocycles. The lowest BCUT2D eigenvalue weighted by molar-refractivity contribution is 1.32. The van der Waals surface area contributed by atoms with Gasteiger partial charge in [-0.15, -0.1) is 0 Å². The van der Waals surface area contributed by atoms with Gasteiger partial charge in [0.1, 0.15) is 0 Å². The predicted octanol–water partition coefficient (Wildman–Crippen LogP) is 3.64. The Morgan fingerprint density at radius 3 is 2.09 bits per heavy atom. The molecule has 0 aliphatic carbocycles. The third kappa shape index (κ3) is 3.03. The maximum Gasteiger partial charge on any atom is -0.0207 e. The second-order valence-corrected chi connectivity index (χ2v) is 2.57. The monoisotopic (exact) mass is 148 g/mol. The molecule has 0 fully saturated rings. The summed E-state index contributed by atoms with van der Waals surface area (Å²) >= 11 is 0. The molecule has 0 heteroatoms. The maximum atomic E-state index is 3.89. The zero-order valence-electron chi connectivity index (χ0n) is 7.65. The Kier molecular flexibility index (Phi) is 4.28. The summed E-state index contributed by atoms with van der Waals surface area (Å²) in [7, 11) is 0. The smallest absolute Gasteiger partial charge is 0.0207 e. The maximum absolute atomic E-state index is 3.89. The van der Waals surface area contributed by atoms with Crippen LogP contribution in [0.2, 0.25) is 0 Å². The van der Waals surface area contributed by atoms with Crippen LogP contribution in [0.25, 0.3) is 0 Å². The van der Waals surface area contributed by atoms with Crippen LogP contribution in [-0.4, -0.2) is 0 Å². The molecule has 0 N–H and O–H groups in total. The van der Waals surface area contributed by atoms with Gasteiger partial charge in [-0.2, -0.15) is 0 Å². The molecular formula is C11H16. The number of allylic oxidation sites excluding steroid dienone is 6. The largest absolute Gasteiger partial charge is 0.0990 e. The summed E-state index contributed by atoms with van der Waals surface area (Å²) in [6, 6.07) is 0. The van der Waals surface area contributed by atoms with Gasteiger partial charge >= 0.3 is 0 Å². The topological polar surface area (TPSA) is 0 Å². The zero-order chi connectivity index (χ0) is 8.85. The first-order valence-electron chi connectivity index (χ1n) is 3.75. The number of hydrogen-bond donors (Lipinski definition) is 0. The molecule has 0 aliphatic rings. The van der Waals surface area contributed by atoms with Crippen molar-refractivity contribution in [1.29, 1.82) is 0 Å². The van der Waals surface area contributed by atoms with Crippen LogP contribution in [0.4, 0.5) is 0 Å². The molecule has 0 aliphatic heterocycles. The summed E-state index contributed by atoms with van der Waals surface area (Å²) in [5.74, 6) is 0. The van der Waals surface area contributed by atoms with Crippen molar-refractivity contribution in [2.75, 3.05) is 0 Å². The van der Waals surface area contributed by atoms with E-state index in [9.17, 15) is 0 Å². The van der Waals surface area contributed by atoms with Gasteiger partial charge in [0.25, 0.3) is 0 Å². The SMILES string of the molecule is C=C/C=C(C(=C)C)/C(C)=C/C. The van der Waals surface area contributed by atoms with Gasteiger partial charge in [0, 0.05) is 0 Å². The molecule has 0 saturated carbocycles. The van der Waals surface area contributed by atoms with E-state index in [1.807, 2.05) is 19.9 Å². The van der Waals surface area contributed by atoms with Gasteiger partial charge < -0.3 is 0 Å². The highest BCUT2D eigenvalue weighted by Crippen LogP contribution is 2.16. The first-order chi connectivity index (χ1) is 5.13. The van der Waals surface area contributed by atoms with Gasteiger partial charge in [-0.3, -0.25) is 0 Å². The van der Waals surface area contributed by atoms with E-state index >= 15 is 0 Å². The van der Waals surface area contributed by atoms with E-state index in [-0.39, 0.29) is 0 Å². The van der Waals surface area contributed by atoms with Crippen molar-refractivity contribution in [3.8, 4) is 0 Å². The third-order valence-corrected chi connectivity index (χ3v) is 1.60. The molecule has 0 amide bonds. The Morgan fingerprint density at radius 2 is 1.82 bits per heavy atom. The standard InChI is InChI=1S/C11H16/c1-6-8-11(9(3)4)10(5)7-2/h6-8H,1,3H2,2,4-5H3/b10-7+,11-8+. The molecule has 0 aromatic rings. The lowest BCUT2D eigenvalue weighted by Crippen LogP contribution is -1.85. The summed E-state index contributed by atoms with van der Waals surface area (Å²) in [6.45, 7) is 13.6. The summed E-state index contributed by atoms with van der Waals surface area (Å²) in [5, 5.41) is 0. The highest BCUT2D eigenvalue weighted by Gasteiger charge is 1.96. The lowest BCUT2D eigenvalue weighted by Gasteiger charge is -2.04. The second kappa shape index (κ2) is 4.73. The fraction of sp³-hybridized carbons (Fsp3) is 0.273. The van der Waals surface area contributed by atoms with E-state index in [1.54, 1.807) is 6.08 Å².